The molecule has 2 aromatic heterocycles. The molecule has 0 saturated heterocycles. The zero-order valence-corrected chi connectivity index (χ0v) is 12.5. The maximum atomic E-state index is 12.1. The van der Waals surface area contributed by atoms with Crippen molar-refractivity contribution >= 4 is 37.6 Å². The van der Waals surface area contributed by atoms with Crippen LogP contribution >= 0.6 is 15.9 Å². The molecule has 0 aliphatic heterocycles. The summed E-state index contributed by atoms with van der Waals surface area (Å²) in [5.74, 6) is -1.08. The average Bonchev–Trinajstić information content (AvgIpc) is 2.85. The highest BCUT2D eigenvalue weighted by atomic mass is 79.9. The summed E-state index contributed by atoms with van der Waals surface area (Å²) in [7, 11) is -2.48. The van der Waals surface area contributed by atoms with Crippen molar-refractivity contribution in [2.24, 2.45) is 7.05 Å². The molecule has 0 amide bonds. The second-order valence-corrected chi connectivity index (χ2v) is 6.08. The van der Waals surface area contributed by atoms with Crippen molar-refractivity contribution in [1.82, 2.24) is 24.8 Å². The van der Waals surface area contributed by atoms with Crippen LogP contribution in [-0.4, -0.2) is 44.3 Å². The second kappa shape index (κ2) is 5.20. The number of carboxylic acids is 1. The zero-order chi connectivity index (χ0) is 14.9. The van der Waals surface area contributed by atoms with Crippen LogP contribution in [0, 0.1) is 0 Å². The molecule has 2 rings (SSSR count). The number of sulfonamides is 1. The molecule has 0 bridgehead atoms. The Labute approximate surface area is 121 Å². The molecule has 0 aliphatic rings. The van der Waals surface area contributed by atoms with Gasteiger partial charge in [0, 0.05) is 13.2 Å². The number of aliphatic carboxylic acids is 1. The average molecular weight is 365 g/mol. The molecule has 20 heavy (non-hydrogen) atoms. The molecule has 0 saturated carbocycles. The van der Waals surface area contributed by atoms with E-state index in [-0.39, 0.29) is 21.9 Å². The Morgan fingerprint density at radius 2 is 2.25 bits per heavy atom. The lowest BCUT2D eigenvalue weighted by atomic mass is 10.6. The second-order valence-electron chi connectivity index (χ2n) is 3.73. The summed E-state index contributed by atoms with van der Waals surface area (Å²) in [6.07, 6.45) is 2.47. The number of halogens is 1. The van der Waals surface area contributed by atoms with E-state index in [9.17, 15) is 13.2 Å². The number of anilines is 1. The van der Waals surface area contributed by atoms with Gasteiger partial charge in [-0.2, -0.15) is 13.5 Å². The van der Waals surface area contributed by atoms with Gasteiger partial charge in [0.05, 0.1) is 11.9 Å². The highest BCUT2D eigenvalue weighted by Gasteiger charge is 2.24. The first-order chi connectivity index (χ1) is 9.29. The fourth-order valence-corrected chi connectivity index (χ4v) is 3.58. The van der Waals surface area contributed by atoms with Gasteiger partial charge in [-0.25, -0.2) is 4.68 Å². The van der Waals surface area contributed by atoms with Gasteiger partial charge in [0.1, 0.15) is 6.54 Å². The van der Waals surface area contributed by atoms with E-state index in [2.05, 4.69) is 36.1 Å². The molecule has 2 heterocycles. The first-order valence-corrected chi connectivity index (χ1v) is 7.39. The summed E-state index contributed by atoms with van der Waals surface area (Å²) in [5.41, 5.74) is 0.138. The first kappa shape index (κ1) is 14.5. The van der Waals surface area contributed by atoms with E-state index in [0.717, 1.165) is 9.36 Å². The van der Waals surface area contributed by atoms with Gasteiger partial charge in [0.2, 0.25) is 5.03 Å². The highest BCUT2D eigenvalue weighted by Crippen LogP contribution is 2.20. The molecule has 0 fully saturated rings. The Morgan fingerprint density at radius 3 is 2.80 bits per heavy atom. The summed E-state index contributed by atoms with van der Waals surface area (Å²) < 4.78 is 28.8. The maximum Gasteiger partial charge on any atom is 0.325 e. The molecule has 0 unspecified atom stereocenters. The summed E-state index contributed by atoms with van der Waals surface area (Å²) in [5, 5.41) is 19.3. The molecule has 108 valence electrons. The quantitative estimate of drug-likeness (QED) is 0.741. The number of aromatic nitrogens is 5. The van der Waals surface area contributed by atoms with Gasteiger partial charge in [-0.05, 0) is 15.9 Å². The van der Waals surface area contributed by atoms with E-state index in [1.807, 2.05) is 0 Å². The largest absolute Gasteiger partial charge is 0.480 e. The van der Waals surface area contributed by atoms with Crippen molar-refractivity contribution in [3.8, 4) is 0 Å². The Kier molecular flexibility index (Phi) is 3.76. The molecule has 0 aliphatic carbocycles. The van der Waals surface area contributed by atoms with Crippen LogP contribution < -0.4 is 4.72 Å². The number of hydrogen-bond donors (Lipinski definition) is 2. The van der Waals surface area contributed by atoms with E-state index < -0.39 is 16.0 Å². The number of carbonyl (C=O) groups is 1. The van der Waals surface area contributed by atoms with E-state index in [0.29, 0.717) is 0 Å². The van der Waals surface area contributed by atoms with Crippen LogP contribution in [0.25, 0.3) is 0 Å². The van der Waals surface area contributed by atoms with Crippen molar-refractivity contribution in [2.45, 2.75) is 11.6 Å². The lowest BCUT2D eigenvalue weighted by Gasteiger charge is -2.05. The van der Waals surface area contributed by atoms with Crippen LogP contribution in [0.2, 0.25) is 0 Å². The molecular formula is C8H9BrN6O4S. The SMILES string of the molecule is Cn1nnc(Br)c1S(=O)(=O)Nc1cnn(CC(=O)O)c1. The smallest absolute Gasteiger partial charge is 0.325 e. The van der Waals surface area contributed by atoms with Crippen molar-refractivity contribution in [1.29, 1.82) is 0 Å². The molecule has 0 spiro atoms. The topological polar surface area (TPSA) is 132 Å². The predicted octanol–water partition coefficient (Wildman–Crippen LogP) is -0.341. The Balaban J connectivity index is 2.25. The number of nitrogens with one attached hydrogen (secondary N) is 1. The third-order valence-corrected chi connectivity index (χ3v) is 4.44. The van der Waals surface area contributed by atoms with Crippen LogP contribution in [0.4, 0.5) is 5.69 Å². The standard InChI is InChI=1S/C8H9BrN6O4S/c1-14-8(7(9)11-13-14)20(18,19)12-5-2-10-15(3-5)4-6(16)17/h2-3,12H,4H2,1H3,(H,16,17). The lowest BCUT2D eigenvalue weighted by molar-refractivity contribution is -0.137. The van der Waals surface area contributed by atoms with Gasteiger partial charge in [0.15, 0.2) is 4.60 Å². The minimum Gasteiger partial charge on any atom is -0.480 e. The molecule has 10 nitrogen and oxygen atoms in total. The Hall–Kier alpha value is -1.95. The number of carboxylic acid groups (broad SMARTS) is 1. The fourth-order valence-electron chi connectivity index (χ4n) is 1.45. The van der Waals surface area contributed by atoms with Crippen molar-refractivity contribution < 1.29 is 18.3 Å². The van der Waals surface area contributed by atoms with Crippen molar-refractivity contribution in [3.63, 3.8) is 0 Å². The summed E-state index contributed by atoms with van der Waals surface area (Å²) in [4.78, 5) is 10.5. The Bertz CT molecular complexity index is 731. The highest BCUT2D eigenvalue weighted by molar-refractivity contribution is 9.10. The van der Waals surface area contributed by atoms with Gasteiger partial charge < -0.3 is 5.11 Å². The van der Waals surface area contributed by atoms with Crippen LogP contribution in [-0.2, 0) is 28.4 Å². The number of nitrogens with zero attached hydrogens (tertiary/aromatic N) is 5. The number of aryl methyl sites for hydroxylation is 1. The summed E-state index contributed by atoms with van der Waals surface area (Å²) in [6.45, 7) is -0.362. The van der Waals surface area contributed by atoms with Crippen LogP contribution in [0.1, 0.15) is 0 Å². The van der Waals surface area contributed by atoms with Gasteiger partial charge in [0.25, 0.3) is 10.0 Å². The zero-order valence-electron chi connectivity index (χ0n) is 10.1. The van der Waals surface area contributed by atoms with Crippen molar-refractivity contribution in [2.75, 3.05) is 4.72 Å². The third-order valence-electron chi connectivity index (χ3n) is 2.17. The minimum absolute atomic E-state index is 0.0745. The molecule has 2 aromatic rings. The molecule has 0 radical (unpaired) electrons. The number of hydrogen-bond acceptors (Lipinski definition) is 6. The third kappa shape index (κ3) is 2.96. The predicted molar refractivity (Wildman–Crippen MR) is 69.4 cm³/mol. The van der Waals surface area contributed by atoms with E-state index in [1.54, 1.807) is 0 Å². The molecule has 2 N–H and O–H groups in total. The Morgan fingerprint density at radius 1 is 1.55 bits per heavy atom. The van der Waals surface area contributed by atoms with E-state index in [4.69, 9.17) is 5.11 Å². The molecular weight excluding hydrogens is 356 g/mol. The normalized spacial score (nSPS) is 11.5. The molecule has 0 aromatic carbocycles. The van der Waals surface area contributed by atoms with E-state index in [1.165, 1.54) is 19.4 Å². The van der Waals surface area contributed by atoms with Crippen LogP contribution in [0.3, 0.4) is 0 Å². The van der Waals surface area contributed by atoms with Gasteiger partial charge in [-0.1, -0.05) is 5.21 Å². The van der Waals surface area contributed by atoms with E-state index >= 15 is 0 Å². The minimum atomic E-state index is -3.91. The maximum absolute atomic E-state index is 12.1. The van der Waals surface area contributed by atoms with Crippen LogP contribution in [0.5, 0.6) is 0 Å². The summed E-state index contributed by atoms with van der Waals surface area (Å²) >= 11 is 2.99. The van der Waals surface area contributed by atoms with Crippen molar-refractivity contribution in [3.05, 3.63) is 17.0 Å². The first-order valence-electron chi connectivity index (χ1n) is 5.12. The molecule has 12 heteroatoms. The number of rotatable bonds is 5. The van der Waals surface area contributed by atoms with Gasteiger partial charge in [-0.15, -0.1) is 5.10 Å². The van der Waals surface area contributed by atoms with Crippen LogP contribution in [0.15, 0.2) is 22.0 Å². The summed E-state index contributed by atoms with van der Waals surface area (Å²) in [6, 6.07) is 0. The van der Waals surface area contributed by atoms with Gasteiger partial charge >= 0.3 is 5.97 Å². The molecule has 0 atom stereocenters. The monoisotopic (exact) mass is 364 g/mol. The fraction of sp³-hybridized carbons (Fsp3) is 0.250. The van der Waals surface area contributed by atoms with Gasteiger partial charge in [-0.3, -0.25) is 14.2 Å². The lowest BCUT2D eigenvalue weighted by Crippen LogP contribution is -2.17.